The molecule has 0 saturated carbocycles. The number of aryl methyl sites for hydroxylation is 1. The molecule has 28 heavy (non-hydrogen) atoms. The van der Waals surface area contributed by atoms with Crippen molar-refractivity contribution in [1.29, 1.82) is 0 Å². The SMILES string of the molecule is Cc1cn(Cc2cccc3ccccc23)c(NCc2ccccc2C(=O)O)n1. The minimum Gasteiger partial charge on any atom is -0.478 e. The molecule has 0 radical (unpaired) electrons. The Kier molecular flexibility index (Phi) is 4.81. The van der Waals surface area contributed by atoms with Gasteiger partial charge in [0, 0.05) is 12.7 Å². The summed E-state index contributed by atoms with van der Waals surface area (Å²) in [6.45, 7) is 3.04. The standard InChI is InChI=1S/C23H21N3O2/c1-16-14-26(15-19-10-6-9-17-7-2-4-11-20(17)19)23(25-16)24-13-18-8-3-5-12-21(18)22(27)28/h2-12,14H,13,15H2,1H3,(H,24,25)(H,27,28). The number of aromatic nitrogens is 2. The minimum atomic E-state index is -0.923. The van der Waals surface area contributed by atoms with E-state index in [0.29, 0.717) is 18.7 Å². The quantitative estimate of drug-likeness (QED) is 0.515. The fourth-order valence-corrected chi connectivity index (χ4v) is 3.48. The maximum atomic E-state index is 11.4. The van der Waals surface area contributed by atoms with Gasteiger partial charge in [-0.25, -0.2) is 9.78 Å². The predicted molar refractivity (Wildman–Crippen MR) is 111 cm³/mol. The molecule has 0 unspecified atom stereocenters. The lowest BCUT2D eigenvalue weighted by Crippen LogP contribution is -2.11. The van der Waals surface area contributed by atoms with Crippen LogP contribution in [-0.2, 0) is 13.1 Å². The van der Waals surface area contributed by atoms with Gasteiger partial charge >= 0.3 is 5.97 Å². The van der Waals surface area contributed by atoms with Crippen molar-refractivity contribution in [2.24, 2.45) is 0 Å². The Balaban J connectivity index is 1.60. The van der Waals surface area contributed by atoms with Crippen LogP contribution in [-0.4, -0.2) is 20.6 Å². The molecule has 1 heterocycles. The van der Waals surface area contributed by atoms with E-state index in [1.807, 2.05) is 37.4 Å². The van der Waals surface area contributed by atoms with Gasteiger partial charge in [0.1, 0.15) is 0 Å². The zero-order valence-electron chi connectivity index (χ0n) is 15.6. The molecule has 0 bridgehead atoms. The molecule has 4 rings (SSSR count). The van der Waals surface area contributed by atoms with Crippen molar-refractivity contribution >= 4 is 22.7 Å². The molecular formula is C23H21N3O2. The number of nitrogens with zero attached hydrogens (tertiary/aromatic N) is 2. The van der Waals surface area contributed by atoms with E-state index in [4.69, 9.17) is 0 Å². The zero-order valence-corrected chi connectivity index (χ0v) is 15.6. The molecule has 1 aromatic heterocycles. The molecule has 140 valence electrons. The molecular weight excluding hydrogens is 350 g/mol. The van der Waals surface area contributed by atoms with Crippen LogP contribution in [0.25, 0.3) is 10.8 Å². The van der Waals surface area contributed by atoms with Crippen LogP contribution in [0.2, 0.25) is 0 Å². The molecule has 0 saturated heterocycles. The Labute approximate surface area is 163 Å². The smallest absolute Gasteiger partial charge is 0.336 e. The summed E-state index contributed by atoms with van der Waals surface area (Å²) in [5, 5.41) is 15.1. The third-order valence-electron chi connectivity index (χ3n) is 4.80. The Morgan fingerprint density at radius 1 is 1.00 bits per heavy atom. The van der Waals surface area contributed by atoms with Crippen LogP contribution < -0.4 is 5.32 Å². The van der Waals surface area contributed by atoms with Crippen LogP contribution in [0, 0.1) is 6.92 Å². The molecule has 0 spiro atoms. The van der Waals surface area contributed by atoms with Gasteiger partial charge in [0.25, 0.3) is 0 Å². The molecule has 3 aromatic carbocycles. The van der Waals surface area contributed by atoms with E-state index in [0.717, 1.165) is 17.2 Å². The van der Waals surface area contributed by atoms with E-state index in [1.54, 1.807) is 12.1 Å². The van der Waals surface area contributed by atoms with Crippen molar-refractivity contribution in [3.8, 4) is 0 Å². The third-order valence-corrected chi connectivity index (χ3v) is 4.80. The first-order chi connectivity index (χ1) is 13.6. The molecule has 4 aromatic rings. The van der Waals surface area contributed by atoms with Crippen molar-refractivity contribution in [2.75, 3.05) is 5.32 Å². The number of carboxylic acid groups (broad SMARTS) is 1. The number of carboxylic acids is 1. The Morgan fingerprint density at radius 3 is 2.57 bits per heavy atom. The van der Waals surface area contributed by atoms with Crippen molar-refractivity contribution in [3.05, 3.63) is 95.3 Å². The number of nitrogens with one attached hydrogen (secondary N) is 1. The van der Waals surface area contributed by atoms with E-state index in [2.05, 4.69) is 45.2 Å². The Bertz CT molecular complexity index is 1140. The summed E-state index contributed by atoms with van der Waals surface area (Å²) in [6, 6.07) is 21.7. The lowest BCUT2D eigenvalue weighted by atomic mass is 10.0. The van der Waals surface area contributed by atoms with Gasteiger partial charge in [0.2, 0.25) is 5.95 Å². The highest BCUT2D eigenvalue weighted by Gasteiger charge is 2.11. The molecule has 0 aliphatic carbocycles. The number of carbonyl (C=O) groups is 1. The first-order valence-electron chi connectivity index (χ1n) is 9.17. The first-order valence-corrected chi connectivity index (χ1v) is 9.17. The number of rotatable bonds is 6. The van der Waals surface area contributed by atoms with Crippen LogP contribution in [0.4, 0.5) is 5.95 Å². The van der Waals surface area contributed by atoms with E-state index in [9.17, 15) is 9.90 Å². The fraction of sp³-hybridized carbons (Fsp3) is 0.130. The van der Waals surface area contributed by atoms with Gasteiger partial charge < -0.3 is 15.0 Å². The van der Waals surface area contributed by atoms with E-state index in [1.165, 1.54) is 16.3 Å². The molecule has 5 heteroatoms. The second kappa shape index (κ2) is 7.56. The van der Waals surface area contributed by atoms with Crippen LogP contribution in [0.5, 0.6) is 0 Å². The number of imidazole rings is 1. The van der Waals surface area contributed by atoms with Gasteiger partial charge in [0.05, 0.1) is 17.8 Å². The number of hydrogen-bond donors (Lipinski definition) is 2. The van der Waals surface area contributed by atoms with Gasteiger partial charge in [-0.1, -0.05) is 60.7 Å². The number of aromatic carboxylic acids is 1. The summed E-state index contributed by atoms with van der Waals surface area (Å²) >= 11 is 0. The Morgan fingerprint density at radius 2 is 1.71 bits per heavy atom. The maximum absolute atomic E-state index is 11.4. The average Bonchev–Trinajstić information content (AvgIpc) is 3.06. The third kappa shape index (κ3) is 3.60. The highest BCUT2D eigenvalue weighted by molar-refractivity contribution is 5.89. The Hall–Kier alpha value is -3.60. The van der Waals surface area contributed by atoms with Gasteiger partial charge in [-0.3, -0.25) is 0 Å². The van der Waals surface area contributed by atoms with E-state index in [-0.39, 0.29) is 0 Å². The summed E-state index contributed by atoms with van der Waals surface area (Å²) in [5.41, 5.74) is 3.16. The zero-order chi connectivity index (χ0) is 19.5. The molecule has 0 atom stereocenters. The molecule has 0 amide bonds. The normalized spacial score (nSPS) is 10.9. The maximum Gasteiger partial charge on any atom is 0.336 e. The second-order valence-electron chi connectivity index (χ2n) is 6.79. The first kappa shape index (κ1) is 17.8. The second-order valence-corrected chi connectivity index (χ2v) is 6.79. The molecule has 0 aliphatic heterocycles. The van der Waals surface area contributed by atoms with Crippen LogP contribution in [0.3, 0.4) is 0 Å². The number of fused-ring (bicyclic) bond motifs is 1. The summed E-state index contributed by atoms with van der Waals surface area (Å²) in [4.78, 5) is 16.0. The summed E-state index contributed by atoms with van der Waals surface area (Å²) in [5.74, 6) is -0.196. The number of benzene rings is 3. The topological polar surface area (TPSA) is 67.2 Å². The monoisotopic (exact) mass is 371 g/mol. The fourth-order valence-electron chi connectivity index (χ4n) is 3.48. The molecule has 0 fully saturated rings. The highest BCUT2D eigenvalue weighted by atomic mass is 16.4. The number of hydrogen-bond acceptors (Lipinski definition) is 3. The number of anilines is 1. The van der Waals surface area contributed by atoms with Gasteiger partial charge in [-0.05, 0) is 34.9 Å². The van der Waals surface area contributed by atoms with Gasteiger partial charge in [-0.2, -0.15) is 0 Å². The summed E-state index contributed by atoms with van der Waals surface area (Å²) < 4.78 is 2.07. The van der Waals surface area contributed by atoms with Crippen molar-refractivity contribution in [2.45, 2.75) is 20.0 Å². The van der Waals surface area contributed by atoms with Crippen LogP contribution in [0.1, 0.15) is 27.2 Å². The van der Waals surface area contributed by atoms with Crippen molar-refractivity contribution < 1.29 is 9.90 Å². The molecule has 0 aliphatic rings. The summed E-state index contributed by atoms with van der Waals surface area (Å²) in [6.07, 6.45) is 2.01. The lowest BCUT2D eigenvalue weighted by Gasteiger charge is -2.13. The van der Waals surface area contributed by atoms with Crippen LogP contribution in [0.15, 0.2) is 72.9 Å². The predicted octanol–water partition coefficient (Wildman–Crippen LogP) is 4.70. The average molecular weight is 371 g/mol. The molecule has 5 nitrogen and oxygen atoms in total. The highest BCUT2D eigenvalue weighted by Crippen LogP contribution is 2.21. The van der Waals surface area contributed by atoms with Crippen LogP contribution >= 0.6 is 0 Å². The van der Waals surface area contributed by atoms with Gasteiger partial charge in [-0.15, -0.1) is 0 Å². The minimum absolute atomic E-state index is 0.305. The van der Waals surface area contributed by atoms with E-state index >= 15 is 0 Å². The van der Waals surface area contributed by atoms with E-state index < -0.39 is 5.97 Å². The van der Waals surface area contributed by atoms with Crippen molar-refractivity contribution in [1.82, 2.24) is 9.55 Å². The van der Waals surface area contributed by atoms with Crippen molar-refractivity contribution in [3.63, 3.8) is 0 Å². The summed E-state index contributed by atoms with van der Waals surface area (Å²) in [7, 11) is 0. The van der Waals surface area contributed by atoms with Gasteiger partial charge in [0.15, 0.2) is 0 Å². The molecule has 2 N–H and O–H groups in total. The lowest BCUT2D eigenvalue weighted by molar-refractivity contribution is 0.0696. The largest absolute Gasteiger partial charge is 0.478 e.